The molecule has 2 rings (SSSR count). The minimum Gasteiger partial charge on any atom is -0.493 e. The number of thiophene rings is 1. The Labute approximate surface area is 208 Å². The maximum atomic E-state index is 13.4. The summed E-state index contributed by atoms with van der Waals surface area (Å²) in [5.74, 6) is 1.28. The number of rotatable bonds is 11. The van der Waals surface area contributed by atoms with Crippen LogP contribution < -0.4 is 14.8 Å². The lowest BCUT2D eigenvalue weighted by Crippen LogP contribution is -2.51. The maximum absolute atomic E-state index is 13.4. The molecule has 0 radical (unpaired) electrons. The molecule has 0 saturated heterocycles. The van der Waals surface area contributed by atoms with Gasteiger partial charge in [-0.1, -0.05) is 13.0 Å². The summed E-state index contributed by atoms with van der Waals surface area (Å²) in [7, 11) is 3.22. The van der Waals surface area contributed by atoms with E-state index in [2.05, 4.69) is 18.3 Å². The molecule has 188 valence electrons. The Morgan fingerprint density at radius 2 is 1.74 bits per heavy atom. The molecular formula is C26H39N3O4S. The molecule has 0 unspecified atom stereocenters. The quantitative estimate of drug-likeness (QED) is 0.489. The normalized spacial score (nSPS) is 11.1. The van der Waals surface area contributed by atoms with Gasteiger partial charge in [-0.15, -0.1) is 11.3 Å². The Morgan fingerprint density at radius 3 is 2.29 bits per heavy atom. The van der Waals surface area contributed by atoms with Crippen LogP contribution in [0.5, 0.6) is 11.5 Å². The van der Waals surface area contributed by atoms with Gasteiger partial charge in [0.15, 0.2) is 11.5 Å². The highest BCUT2D eigenvalue weighted by atomic mass is 32.1. The van der Waals surface area contributed by atoms with Crippen LogP contribution in [0.1, 0.15) is 50.1 Å². The van der Waals surface area contributed by atoms with Gasteiger partial charge in [-0.2, -0.15) is 0 Å². The van der Waals surface area contributed by atoms with E-state index in [4.69, 9.17) is 9.47 Å². The SMILES string of the molecule is CCCN(CC(=O)N(CCc1ccc(OC)c(OC)c1)Cc1sccc1C)C(=O)NC(C)(C)C. The highest BCUT2D eigenvalue weighted by molar-refractivity contribution is 7.10. The van der Waals surface area contributed by atoms with Crippen molar-refractivity contribution < 1.29 is 19.1 Å². The first-order valence-corrected chi connectivity index (χ1v) is 12.5. The first-order chi connectivity index (χ1) is 16.1. The molecular weight excluding hydrogens is 450 g/mol. The van der Waals surface area contributed by atoms with Crippen molar-refractivity contribution in [1.82, 2.24) is 15.1 Å². The van der Waals surface area contributed by atoms with Crippen LogP contribution in [0.15, 0.2) is 29.6 Å². The second kappa shape index (κ2) is 12.6. The Bertz CT molecular complexity index is 952. The number of carbonyl (C=O) groups is 2. The minimum absolute atomic E-state index is 0.0477. The third-order valence-electron chi connectivity index (χ3n) is 5.36. The van der Waals surface area contributed by atoms with Crippen LogP contribution in [0.2, 0.25) is 0 Å². The van der Waals surface area contributed by atoms with Crippen molar-refractivity contribution in [1.29, 1.82) is 0 Å². The van der Waals surface area contributed by atoms with Gasteiger partial charge in [-0.25, -0.2) is 4.79 Å². The highest BCUT2D eigenvalue weighted by Gasteiger charge is 2.24. The lowest BCUT2D eigenvalue weighted by molar-refractivity contribution is -0.132. The lowest BCUT2D eigenvalue weighted by Gasteiger charge is -2.30. The van der Waals surface area contributed by atoms with Crippen molar-refractivity contribution in [3.63, 3.8) is 0 Å². The zero-order chi connectivity index (χ0) is 25.3. The molecule has 1 aromatic carbocycles. The molecule has 3 amide bonds. The first kappa shape index (κ1) is 27.5. The zero-order valence-corrected chi connectivity index (χ0v) is 22.4. The van der Waals surface area contributed by atoms with Crippen LogP contribution in [-0.2, 0) is 17.8 Å². The van der Waals surface area contributed by atoms with Gasteiger partial charge in [0.1, 0.15) is 6.54 Å². The van der Waals surface area contributed by atoms with Gasteiger partial charge < -0.3 is 24.6 Å². The summed E-state index contributed by atoms with van der Waals surface area (Å²) < 4.78 is 10.8. The number of ether oxygens (including phenoxy) is 2. The van der Waals surface area contributed by atoms with Gasteiger partial charge in [0, 0.05) is 23.5 Å². The second-order valence-electron chi connectivity index (χ2n) is 9.38. The lowest BCUT2D eigenvalue weighted by atomic mass is 10.1. The Hall–Kier alpha value is -2.74. The summed E-state index contributed by atoms with van der Waals surface area (Å²) in [5, 5.41) is 5.02. The summed E-state index contributed by atoms with van der Waals surface area (Å²) >= 11 is 1.65. The zero-order valence-electron chi connectivity index (χ0n) is 21.6. The molecule has 0 aliphatic rings. The molecule has 1 aromatic heterocycles. The van der Waals surface area contributed by atoms with E-state index >= 15 is 0 Å². The molecule has 0 atom stereocenters. The highest BCUT2D eigenvalue weighted by Crippen LogP contribution is 2.28. The number of hydrogen-bond donors (Lipinski definition) is 1. The smallest absolute Gasteiger partial charge is 0.318 e. The van der Waals surface area contributed by atoms with Gasteiger partial charge in [0.25, 0.3) is 0 Å². The van der Waals surface area contributed by atoms with E-state index in [-0.39, 0.29) is 24.0 Å². The van der Waals surface area contributed by atoms with Crippen LogP contribution in [0.25, 0.3) is 0 Å². The van der Waals surface area contributed by atoms with E-state index in [1.807, 2.05) is 56.2 Å². The molecule has 0 aliphatic carbocycles. The van der Waals surface area contributed by atoms with Crippen molar-refractivity contribution >= 4 is 23.3 Å². The van der Waals surface area contributed by atoms with Crippen molar-refractivity contribution in [2.75, 3.05) is 33.9 Å². The Morgan fingerprint density at radius 1 is 1.03 bits per heavy atom. The average Bonchev–Trinajstić information content (AvgIpc) is 3.18. The van der Waals surface area contributed by atoms with E-state index in [0.29, 0.717) is 37.6 Å². The van der Waals surface area contributed by atoms with Gasteiger partial charge in [-0.05, 0) is 75.2 Å². The van der Waals surface area contributed by atoms with E-state index in [1.54, 1.807) is 30.5 Å². The van der Waals surface area contributed by atoms with Crippen LogP contribution >= 0.6 is 11.3 Å². The van der Waals surface area contributed by atoms with Gasteiger partial charge in [0.05, 0.1) is 20.8 Å². The molecule has 1 N–H and O–H groups in total. The van der Waals surface area contributed by atoms with E-state index in [9.17, 15) is 9.59 Å². The van der Waals surface area contributed by atoms with Gasteiger partial charge in [-0.3, -0.25) is 4.79 Å². The van der Waals surface area contributed by atoms with Crippen molar-refractivity contribution in [3.8, 4) is 11.5 Å². The standard InChI is InChI=1S/C26H39N3O4S/c1-8-13-29(25(31)27-26(3,4)5)18-24(30)28(17-23-19(2)12-15-34-23)14-11-20-9-10-21(32-6)22(16-20)33-7/h9-10,12,15-16H,8,11,13-14,17-18H2,1-7H3,(H,27,31). The van der Waals surface area contributed by atoms with Gasteiger partial charge in [0.2, 0.25) is 5.91 Å². The molecule has 7 nitrogen and oxygen atoms in total. The summed E-state index contributed by atoms with van der Waals surface area (Å²) in [6, 6.07) is 7.66. The number of benzene rings is 1. The van der Waals surface area contributed by atoms with Crippen LogP contribution in [0.3, 0.4) is 0 Å². The number of hydrogen-bond acceptors (Lipinski definition) is 5. The van der Waals surface area contributed by atoms with Crippen molar-refractivity contribution in [3.05, 3.63) is 45.6 Å². The van der Waals surface area contributed by atoms with Crippen molar-refractivity contribution in [2.24, 2.45) is 0 Å². The van der Waals surface area contributed by atoms with Crippen molar-refractivity contribution in [2.45, 2.75) is 59.5 Å². The monoisotopic (exact) mass is 489 g/mol. The van der Waals surface area contributed by atoms with Crippen LogP contribution in [0.4, 0.5) is 4.79 Å². The predicted octanol–water partition coefficient (Wildman–Crippen LogP) is 4.87. The van der Waals surface area contributed by atoms with E-state index in [1.165, 1.54) is 5.56 Å². The third-order valence-corrected chi connectivity index (χ3v) is 6.37. The Kier molecular flexibility index (Phi) is 10.2. The fourth-order valence-corrected chi connectivity index (χ4v) is 4.44. The summed E-state index contributed by atoms with van der Waals surface area (Å²) in [4.78, 5) is 30.9. The maximum Gasteiger partial charge on any atom is 0.318 e. The first-order valence-electron chi connectivity index (χ1n) is 11.7. The topological polar surface area (TPSA) is 71.1 Å². The average molecular weight is 490 g/mol. The van der Waals surface area contributed by atoms with Gasteiger partial charge >= 0.3 is 6.03 Å². The molecule has 34 heavy (non-hydrogen) atoms. The summed E-state index contributed by atoms with van der Waals surface area (Å²) in [6.07, 6.45) is 1.44. The minimum atomic E-state index is -0.368. The van der Waals surface area contributed by atoms with Crippen LogP contribution in [-0.4, -0.2) is 61.1 Å². The number of aryl methyl sites for hydroxylation is 1. The molecule has 1 heterocycles. The molecule has 0 aliphatic heterocycles. The fraction of sp³-hybridized carbons (Fsp3) is 0.538. The Balaban J connectivity index is 2.19. The fourth-order valence-electron chi connectivity index (χ4n) is 3.52. The summed E-state index contributed by atoms with van der Waals surface area (Å²) in [5.41, 5.74) is 1.85. The number of carbonyl (C=O) groups excluding carboxylic acids is 2. The molecule has 0 fully saturated rings. The largest absolute Gasteiger partial charge is 0.493 e. The second-order valence-corrected chi connectivity index (χ2v) is 10.4. The molecule has 2 aromatic rings. The number of nitrogens with one attached hydrogen (secondary N) is 1. The number of methoxy groups -OCH3 is 2. The molecule has 8 heteroatoms. The molecule has 0 saturated carbocycles. The molecule has 0 bridgehead atoms. The third kappa shape index (κ3) is 8.24. The number of amides is 3. The molecule has 0 spiro atoms. The van der Waals surface area contributed by atoms with E-state index < -0.39 is 0 Å². The van der Waals surface area contributed by atoms with E-state index in [0.717, 1.165) is 16.9 Å². The predicted molar refractivity (Wildman–Crippen MR) is 138 cm³/mol. The number of nitrogens with zero attached hydrogens (tertiary/aromatic N) is 2. The summed E-state index contributed by atoms with van der Waals surface area (Å²) in [6.45, 7) is 11.5. The number of urea groups is 1. The van der Waals surface area contributed by atoms with Crippen LogP contribution in [0, 0.1) is 6.92 Å².